The van der Waals surface area contributed by atoms with E-state index in [-0.39, 0.29) is 11.9 Å². The number of hydrogen-bond acceptors (Lipinski definition) is 6. The van der Waals surface area contributed by atoms with Crippen LogP contribution in [0.15, 0.2) is 24.3 Å². The van der Waals surface area contributed by atoms with Gasteiger partial charge in [-0.25, -0.2) is 9.18 Å². The van der Waals surface area contributed by atoms with E-state index in [0.717, 1.165) is 25.7 Å². The van der Waals surface area contributed by atoms with Crippen LogP contribution in [0.4, 0.5) is 14.9 Å². The molecule has 5 atom stereocenters. The summed E-state index contributed by atoms with van der Waals surface area (Å²) in [6.07, 6.45) is 1.99. The van der Waals surface area contributed by atoms with E-state index in [1.54, 1.807) is 0 Å². The van der Waals surface area contributed by atoms with E-state index in [1.165, 1.54) is 24.3 Å². The average Bonchev–Trinajstić information content (AvgIpc) is 3.44. The molecule has 0 bridgehead atoms. The number of rotatable bonds is 3. The smallest absolute Gasteiger partial charge is 0.319 e. The number of ether oxygens (including phenoxy) is 5. The third kappa shape index (κ3) is 3.80. The molecule has 0 unspecified atom stereocenters. The third-order valence-electron chi connectivity index (χ3n) is 6.10. The molecule has 2 N–H and O–H groups in total. The molecular formula is C21H27FN2O6. The number of urea groups is 1. The Morgan fingerprint density at radius 2 is 1.80 bits per heavy atom. The average molecular weight is 422 g/mol. The monoisotopic (exact) mass is 422 g/mol. The van der Waals surface area contributed by atoms with Crippen LogP contribution in [0.5, 0.6) is 0 Å². The van der Waals surface area contributed by atoms with Crippen molar-refractivity contribution in [2.24, 2.45) is 0 Å². The number of benzene rings is 1. The number of fused-ring (bicyclic) bond motifs is 1. The van der Waals surface area contributed by atoms with Crippen molar-refractivity contribution in [2.75, 3.05) is 11.9 Å². The SMILES string of the molecule is CC1(C)O[C@H]2O[C@H]([C@H]3COC4(CCCC4)O3)[C@@H](NC(=O)Nc3ccc(F)cc3)[C@H]2O1. The standard InChI is InChI=1S/C21H27FN2O6/c1-20(2)29-17-15(24-19(25)23-13-7-5-12(22)6-8-13)16(27-18(17)30-20)14-11-26-21(28-14)9-3-4-10-21/h5-8,14-18H,3-4,9-11H2,1-2H3,(H2,23,24,25)/t14-,15-,16-,17-,18-/m1/s1. The van der Waals surface area contributed by atoms with Gasteiger partial charge in [-0.05, 0) is 51.0 Å². The zero-order valence-electron chi connectivity index (χ0n) is 17.1. The quantitative estimate of drug-likeness (QED) is 0.779. The van der Waals surface area contributed by atoms with E-state index in [0.29, 0.717) is 12.3 Å². The number of amides is 2. The molecule has 1 spiro atoms. The van der Waals surface area contributed by atoms with E-state index in [1.807, 2.05) is 13.8 Å². The molecule has 1 aliphatic carbocycles. The van der Waals surface area contributed by atoms with Crippen LogP contribution in [0.1, 0.15) is 39.5 Å². The van der Waals surface area contributed by atoms with Crippen LogP contribution in [0.25, 0.3) is 0 Å². The van der Waals surface area contributed by atoms with Crippen LogP contribution in [-0.4, -0.2) is 54.9 Å². The predicted molar refractivity (Wildman–Crippen MR) is 103 cm³/mol. The van der Waals surface area contributed by atoms with E-state index >= 15 is 0 Å². The van der Waals surface area contributed by atoms with Gasteiger partial charge in [0.05, 0.1) is 12.6 Å². The topological polar surface area (TPSA) is 87.3 Å². The van der Waals surface area contributed by atoms with Crippen molar-refractivity contribution in [3.05, 3.63) is 30.1 Å². The highest BCUT2D eigenvalue weighted by molar-refractivity contribution is 5.89. The second-order valence-electron chi connectivity index (χ2n) is 8.79. The maximum Gasteiger partial charge on any atom is 0.319 e. The Morgan fingerprint density at radius 3 is 2.53 bits per heavy atom. The van der Waals surface area contributed by atoms with Crippen LogP contribution < -0.4 is 10.6 Å². The highest BCUT2D eigenvalue weighted by atomic mass is 19.1. The number of hydrogen-bond donors (Lipinski definition) is 2. The third-order valence-corrected chi connectivity index (χ3v) is 6.10. The summed E-state index contributed by atoms with van der Waals surface area (Å²) in [5, 5.41) is 5.66. The summed E-state index contributed by atoms with van der Waals surface area (Å²) in [6, 6.07) is 4.63. The van der Waals surface area contributed by atoms with Gasteiger partial charge in [0.1, 0.15) is 24.1 Å². The minimum absolute atomic E-state index is 0.333. The van der Waals surface area contributed by atoms with Crippen LogP contribution in [0, 0.1) is 5.82 Å². The molecular weight excluding hydrogens is 395 g/mol. The zero-order valence-corrected chi connectivity index (χ0v) is 17.1. The van der Waals surface area contributed by atoms with Gasteiger partial charge in [0.2, 0.25) is 0 Å². The van der Waals surface area contributed by atoms with Crippen LogP contribution >= 0.6 is 0 Å². The molecule has 1 saturated carbocycles. The van der Waals surface area contributed by atoms with Gasteiger partial charge in [-0.1, -0.05) is 0 Å². The first-order chi connectivity index (χ1) is 14.3. The number of anilines is 1. The number of halogens is 1. The minimum Gasteiger partial charge on any atom is -0.347 e. The lowest BCUT2D eigenvalue weighted by atomic mass is 10.0. The molecule has 0 aromatic heterocycles. The van der Waals surface area contributed by atoms with Crippen molar-refractivity contribution in [3.8, 4) is 0 Å². The molecule has 1 aromatic rings. The molecule has 9 heteroatoms. The van der Waals surface area contributed by atoms with Crippen molar-refractivity contribution in [2.45, 2.75) is 81.7 Å². The fraction of sp³-hybridized carbons (Fsp3) is 0.667. The van der Waals surface area contributed by atoms with Gasteiger partial charge >= 0.3 is 6.03 Å². The lowest BCUT2D eigenvalue weighted by Crippen LogP contribution is -2.53. The van der Waals surface area contributed by atoms with E-state index in [9.17, 15) is 9.18 Å². The summed E-state index contributed by atoms with van der Waals surface area (Å²) in [7, 11) is 0. The fourth-order valence-electron chi connectivity index (χ4n) is 4.78. The second-order valence-corrected chi connectivity index (χ2v) is 8.79. The van der Waals surface area contributed by atoms with Crippen LogP contribution in [0.3, 0.4) is 0 Å². The Kier molecular flexibility index (Phi) is 4.98. The van der Waals surface area contributed by atoms with Crippen LogP contribution in [-0.2, 0) is 23.7 Å². The lowest BCUT2D eigenvalue weighted by Gasteiger charge is -2.30. The Labute approximate surface area is 174 Å². The second kappa shape index (κ2) is 7.42. The normalized spacial score (nSPS) is 36.2. The molecule has 164 valence electrons. The van der Waals surface area contributed by atoms with Crippen molar-refractivity contribution in [1.29, 1.82) is 0 Å². The molecule has 2 amide bonds. The van der Waals surface area contributed by atoms with Crippen molar-refractivity contribution < 1.29 is 32.9 Å². The summed E-state index contributed by atoms with van der Waals surface area (Å²) in [5.41, 5.74) is 0.482. The molecule has 1 aromatic carbocycles. The molecule has 4 aliphatic rings. The molecule has 5 rings (SSSR count). The van der Waals surface area contributed by atoms with Gasteiger partial charge in [0, 0.05) is 18.5 Å². The summed E-state index contributed by atoms with van der Waals surface area (Å²) < 4.78 is 43.4. The van der Waals surface area contributed by atoms with E-state index < -0.39 is 42.1 Å². The molecule has 3 saturated heterocycles. The Morgan fingerprint density at radius 1 is 1.07 bits per heavy atom. The molecule has 3 heterocycles. The summed E-state index contributed by atoms with van der Waals surface area (Å²) in [4.78, 5) is 12.7. The van der Waals surface area contributed by atoms with Crippen molar-refractivity contribution in [3.63, 3.8) is 0 Å². The zero-order chi connectivity index (χ0) is 20.9. The van der Waals surface area contributed by atoms with Gasteiger partial charge in [-0.2, -0.15) is 0 Å². The largest absolute Gasteiger partial charge is 0.347 e. The van der Waals surface area contributed by atoms with Gasteiger partial charge in [-0.15, -0.1) is 0 Å². The predicted octanol–water partition coefficient (Wildman–Crippen LogP) is 2.88. The number of nitrogens with one attached hydrogen (secondary N) is 2. The first-order valence-electron chi connectivity index (χ1n) is 10.5. The molecule has 3 aliphatic heterocycles. The number of carbonyl (C=O) groups excluding carboxylic acids is 1. The Balaban J connectivity index is 1.30. The summed E-state index contributed by atoms with van der Waals surface area (Å²) in [5.74, 6) is -1.72. The van der Waals surface area contributed by atoms with Gasteiger partial charge < -0.3 is 34.3 Å². The Hall–Kier alpha value is -1.78. The lowest BCUT2D eigenvalue weighted by molar-refractivity contribution is -0.226. The first kappa shape index (κ1) is 20.1. The Bertz CT molecular complexity index is 797. The maximum absolute atomic E-state index is 13.1. The summed E-state index contributed by atoms with van der Waals surface area (Å²) >= 11 is 0. The molecule has 8 nitrogen and oxygen atoms in total. The molecule has 4 fully saturated rings. The maximum atomic E-state index is 13.1. The minimum atomic E-state index is -0.812. The summed E-state index contributed by atoms with van der Waals surface area (Å²) in [6.45, 7) is 4.01. The van der Waals surface area contributed by atoms with Crippen molar-refractivity contribution in [1.82, 2.24) is 5.32 Å². The van der Waals surface area contributed by atoms with Crippen LogP contribution in [0.2, 0.25) is 0 Å². The van der Waals surface area contributed by atoms with E-state index in [4.69, 9.17) is 23.7 Å². The first-order valence-corrected chi connectivity index (χ1v) is 10.5. The van der Waals surface area contributed by atoms with E-state index in [2.05, 4.69) is 10.6 Å². The fourth-order valence-corrected chi connectivity index (χ4v) is 4.78. The van der Waals surface area contributed by atoms with Gasteiger partial charge in [0.25, 0.3) is 0 Å². The number of carbonyl (C=O) groups is 1. The highest BCUT2D eigenvalue weighted by Crippen LogP contribution is 2.44. The van der Waals surface area contributed by atoms with Gasteiger partial charge in [-0.3, -0.25) is 0 Å². The van der Waals surface area contributed by atoms with Crippen molar-refractivity contribution >= 4 is 11.7 Å². The highest BCUT2D eigenvalue weighted by Gasteiger charge is 2.59. The molecule has 0 radical (unpaired) electrons. The molecule has 30 heavy (non-hydrogen) atoms. The van der Waals surface area contributed by atoms with Gasteiger partial charge in [0.15, 0.2) is 17.9 Å².